The van der Waals surface area contributed by atoms with Gasteiger partial charge in [0.1, 0.15) is 11.6 Å². The number of ether oxygens (including phenoxy) is 1. The number of hydrogen-bond acceptors (Lipinski definition) is 3. The van der Waals surface area contributed by atoms with Crippen molar-refractivity contribution in [3.05, 3.63) is 29.6 Å². The number of carbonyl (C=O) groups excluding carboxylic acids is 1. The Morgan fingerprint density at radius 3 is 2.81 bits per heavy atom. The van der Waals surface area contributed by atoms with E-state index in [2.05, 4.69) is 5.32 Å². The van der Waals surface area contributed by atoms with Crippen molar-refractivity contribution in [1.82, 2.24) is 5.32 Å². The van der Waals surface area contributed by atoms with E-state index >= 15 is 0 Å². The van der Waals surface area contributed by atoms with Gasteiger partial charge in [0.25, 0.3) is 0 Å². The predicted molar refractivity (Wildman–Crippen MR) is 79.6 cm³/mol. The van der Waals surface area contributed by atoms with Crippen LogP contribution < -0.4 is 15.8 Å². The first-order valence-corrected chi connectivity index (χ1v) is 7.30. The van der Waals surface area contributed by atoms with Crippen LogP contribution in [-0.2, 0) is 4.79 Å². The third-order valence-electron chi connectivity index (χ3n) is 3.82. The van der Waals surface area contributed by atoms with Gasteiger partial charge in [-0.1, -0.05) is 6.07 Å². The van der Waals surface area contributed by atoms with E-state index in [0.717, 1.165) is 18.4 Å². The van der Waals surface area contributed by atoms with E-state index in [1.165, 1.54) is 12.1 Å². The van der Waals surface area contributed by atoms with Crippen LogP contribution in [0.4, 0.5) is 4.39 Å². The van der Waals surface area contributed by atoms with Crippen molar-refractivity contribution in [2.24, 2.45) is 5.73 Å². The highest BCUT2D eigenvalue weighted by atomic mass is 19.1. The fraction of sp³-hybridized carbons (Fsp3) is 0.562. The standard InChI is InChI=1S/C16H23FN2O2/c1-10-4-5-12(17)8-14(10)21-11(2)9-16(3,15(18)20)19-13-6-7-13/h4-5,8,11,13,19H,6-7,9H2,1-3H3,(H2,18,20). The Balaban J connectivity index is 2.03. The zero-order valence-corrected chi connectivity index (χ0v) is 12.8. The highest BCUT2D eigenvalue weighted by Gasteiger charge is 2.38. The Bertz CT molecular complexity index is 531. The van der Waals surface area contributed by atoms with Gasteiger partial charge in [0, 0.05) is 18.5 Å². The van der Waals surface area contributed by atoms with E-state index in [1.807, 2.05) is 13.8 Å². The zero-order chi connectivity index (χ0) is 15.6. The summed E-state index contributed by atoms with van der Waals surface area (Å²) in [5.74, 6) is -0.224. The lowest BCUT2D eigenvalue weighted by Crippen LogP contribution is -2.55. The van der Waals surface area contributed by atoms with Crippen molar-refractivity contribution >= 4 is 5.91 Å². The number of nitrogens with two attached hydrogens (primary N) is 1. The molecule has 1 saturated carbocycles. The summed E-state index contributed by atoms with van der Waals surface area (Å²) in [5, 5.41) is 3.28. The summed E-state index contributed by atoms with van der Waals surface area (Å²) in [7, 11) is 0. The molecule has 1 amide bonds. The second-order valence-corrected chi connectivity index (χ2v) is 6.16. The van der Waals surface area contributed by atoms with Gasteiger partial charge in [-0.05, 0) is 45.2 Å². The van der Waals surface area contributed by atoms with Crippen LogP contribution in [0.1, 0.15) is 38.7 Å². The number of carbonyl (C=O) groups is 1. The summed E-state index contributed by atoms with van der Waals surface area (Å²) >= 11 is 0. The van der Waals surface area contributed by atoms with Crippen LogP contribution in [0.15, 0.2) is 18.2 Å². The van der Waals surface area contributed by atoms with Gasteiger partial charge in [0.2, 0.25) is 5.91 Å². The van der Waals surface area contributed by atoms with Crippen molar-refractivity contribution in [3.8, 4) is 5.75 Å². The van der Waals surface area contributed by atoms with E-state index in [4.69, 9.17) is 10.5 Å². The SMILES string of the molecule is Cc1ccc(F)cc1OC(C)CC(C)(NC1CC1)C(N)=O. The van der Waals surface area contributed by atoms with Gasteiger partial charge in [-0.25, -0.2) is 4.39 Å². The molecule has 5 heteroatoms. The van der Waals surface area contributed by atoms with Crippen LogP contribution in [0, 0.1) is 12.7 Å². The van der Waals surface area contributed by atoms with Crippen molar-refractivity contribution in [1.29, 1.82) is 0 Å². The molecule has 0 aliphatic heterocycles. The van der Waals surface area contributed by atoms with Crippen LogP contribution in [0.2, 0.25) is 0 Å². The molecule has 1 aromatic rings. The smallest absolute Gasteiger partial charge is 0.237 e. The van der Waals surface area contributed by atoms with E-state index in [1.54, 1.807) is 13.0 Å². The molecule has 1 aliphatic rings. The van der Waals surface area contributed by atoms with Gasteiger partial charge in [0.05, 0.1) is 11.6 Å². The second-order valence-electron chi connectivity index (χ2n) is 6.16. The van der Waals surface area contributed by atoms with Crippen molar-refractivity contribution in [2.75, 3.05) is 0 Å². The molecule has 0 heterocycles. The maximum Gasteiger partial charge on any atom is 0.237 e. The Labute approximate surface area is 124 Å². The van der Waals surface area contributed by atoms with E-state index in [-0.39, 0.29) is 17.8 Å². The number of hydrogen-bond donors (Lipinski definition) is 2. The summed E-state index contributed by atoms with van der Waals surface area (Å²) in [6.45, 7) is 5.52. The molecule has 4 nitrogen and oxygen atoms in total. The number of primary amides is 1. The largest absolute Gasteiger partial charge is 0.490 e. The molecular formula is C16H23FN2O2. The van der Waals surface area contributed by atoms with Crippen LogP contribution in [0.5, 0.6) is 5.75 Å². The Hall–Kier alpha value is -1.62. The number of amides is 1. The van der Waals surface area contributed by atoms with Crippen molar-refractivity contribution < 1.29 is 13.9 Å². The zero-order valence-electron chi connectivity index (χ0n) is 12.8. The van der Waals surface area contributed by atoms with Crippen LogP contribution >= 0.6 is 0 Å². The van der Waals surface area contributed by atoms with E-state index < -0.39 is 5.54 Å². The molecule has 0 spiro atoms. The number of halogens is 1. The maximum absolute atomic E-state index is 13.3. The molecule has 116 valence electrons. The minimum absolute atomic E-state index is 0.255. The Morgan fingerprint density at radius 2 is 2.24 bits per heavy atom. The monoisotopic (exact) mass is 294 g/mol. The molecule has 1 fully saturated rings. The summed E-state index contributed by atoms with van der Waals surface area (Å²) < 4.78 is 19.1. The highest BCUT2D eigenvalue weighted by Crippen LogP contribution is 2.27. The normalized spacial score (nSPS) is 18.9. The Morgan fingerprint density at radius 1 is 1.57 bits per heavy atom. The minimum atomic E-state index is -0.804. The molecule has 0 aromatic heterocycles. The molecule has 0 radical (unpaired) electrons. The Kier molecular flexibility index (Phi) is 4.52. The third-order valence-corrected chi connectivity index (χ3v) is 3.82. The molecule has 3 N–H and O–H groups in total. The summed E-state index contributed by atoms with van der Waals surface area (Å²) in [6, 6.07) is 4.80. The lowest BCUT2D eigenvalue weighted by atomic mass is 9.93. The molecule has 1 aliphatic carbocycles. The fourth-order valence-electron chi connectivity index (χ4n) is 2.44. The molecule has 2 atom stereocenters. The first-order chi connectivity index (χ1) is 9.80. The van der Waals surface area contributed by atoms with Crippen molar-refractivity contribution in [2.45, 2.75) is 57.7 Å². The van der Waals surface area contributed by atoms with E-state index in [9.17, 15) is 9.18 Å². The molecule has 0 saturated heterocycles. The first-order valence-electron chi connectivity index (χ1n) is 7.30. The lowest BCUT2D eigenvalue weighted by molar-refractivity contribution is -0.124. The maximum atomic E-state index is 13.3. The van der Waals surface area contributed by atoms with Gasteiger partial charge in [-0.3, -0.25) is 4.79 Å². The number of aryl methyl sites for hydroxylation is 1. The van der Waals surface area contributed by atoms with Gasteiger partial charge in [-0.2, -0.15) is 0 Å². The fourth-order valence-corrected chi connectivity index (χ4v) is 2.44. The molecule has 2 unspecified atom stereocenters. The third kappa shape index (κ3) is 4.17. The summed E-state index contributed by atoms with van der Waals surface area (Å²) in [4.78, 5) is 11.7. The molecule has 0 bridgehead atoms. The van der Waals surface area contributed by atoms with Crippen LogP contribution in [0.3, 0.4) is 0 Å². The average molecular weight is 294 g/mol. The molecule has 21 heavy (non-hydrogen) atoms. The molecule has 2 rings (SSSR count). The average Bonchev–Trinajstić information content (AvgIpc) is 3.17. The van der Waals surface area contributed by atoms with Crippen LogP contribution in [0.25, 0.3) is 0 Å². The minimum Gasteiger partial charge on any atom is -0.490 e. The first kappa shape index (κ1) is 15.8. The molecular weight excluding hydrogens is 271 g/mol. The highest BCUT2D eigenvalue weighted by molar-refractivity contribution is 5.84. The van der Waals surface area contributed by atoms with E-state index in [0.29, 0.717) is 18.2 Å². The summed E-state index contributed by atoms with van der Waals surface area (Å²) in [5.41, 5.74) is 5.58. The number of rotatable bonds is 7. The predicted octanol–water partition coefficient (Wildman–Crippen LogP) is 2.29. The molecule has 1 aromatic carbocycles. The lowest BCUT2D eigenvalue weighted by Gasteiger charge is -2.31. The van der Waals surface area contributed by atoms with Gasteiger partial charge in [0.15, 0.2) is 0 Å². The topological polar surface area (TPSA) is 64.3 Å². The van der Waals surface area contributed by atoms with Crippen molar-refractivity contribution in [3.63, 3.8) is 0 Å². The quantitative estimate of drug-likeness (QED) is 0.811. The number of benzene rings is 1. The van der Waals surface area contributed by atoms with Crippen LogP contribution in [-0.4, -0.2) is 23.6 Å². The second kappa shape index (κ2) is 6.02. The van der Waals surface area contributed by atoms with Gasteiger partial charge in [-0.15, -0.1) is 0 Å². The number of nitrogens with one attached hydrogen (secondary N) is 1. The van der Waals surface area contributed by atoms with Gasteiger partial charge < -0.3 is 15.8 Å². The van der Waals surface area contributed by atoms with Gasteiger partial charge >= 0.3 is 0 Å². The summed E-state index contributed by atoms with van der Waals surface area (Å²) in [6.07, 6.45) is 2.33.